The van der Waals surface area contributed by atoms with E-state index in [1.54, 1.807) is 0 Å². The van der Waals surface area contributed by atoms with Crippen molar-refractivity contribution in [1.82, 2.24) is 4.72 Å². The molecule has 1 N–H and O–H groups in total. The SMILES string of the molecule is COc1ccc(/C=C\[S+]([O-])NC(=O)/C=C/c2ccc(OC)c([N+](=O)[O-])c2)cc1[N+](=O)[O-]. The van der Waals surface area contributed by atoms with E-state index in [1.165, 1.54) is 62.8 Å². The van der Waals surface area contributed by atoms with Crippen LogP contribution in [0, 0.1) is 20.2 Å². The van der Waals surface area contributed by atoms with Gasteiger partial charge in [0.15, 0.2) is 11.5 Å². The van der Waals surface area contributed by atoms with Gasteiger partial charge in [0.2, 0.25) is 0 Å². The Balaban J connectivity index is 2.03. The summed E-state index contributed by atoms with van der Waals surface area (Å²) in [4.78, 5) is 32.8. The molecule has 11 nitrogen and oxygen atoms in total. The lowest BCUT2D eigenvalue weighted by atomic mass is 10.1. The van der Waals surface area contributed by atoms with Crippen LogP contribution in [0.4, 0.5) is 11.4 Å². The zero-order chi connectivity index (χ0) is 23.0. The molecule has 2 aromatic rings. The highest BCUT2D eigenvalue weighted by Gasteiger charge is 2.16. The van der Waals surface area contributed by atoms with Crippen LogP contribution >= 0.6 is 0 Å². The van der Waals surface area contributed by atoms with Crippen molar-refractivity contribution in [3.05, 3.63) is 79.2 Å². The quantitative estimate of drug-likeness (QED) is 0.266. The lowest BCUT2D eigenvalue weighted by molar-refractivity contribution is -0.385. The summed E-state index contributed by atoms with van der Waals surface area (Å²) in [6.45, 7) is 0. The molecule has 2 rings (SSSR count). The van der Waals surface area contributed by atoms with Crippen molar-refractivity contribution in [3.63, 3.8) is 0 Å². The van der Waals surface area contributed by atoms with Crippen LogP contribution in [0.3, 0.4) is 0 Å². The molecule has 1 atom stereocenters. The van der Waals surface area contributed by atoms with Gasteiger partial charge in [-0.1, -0.05) is 12.1 Å². The van der Waals surface area contributed by atoms with Crippen LogP contribution in [0.25, 0.3) is 12.2 Å². The topological polar surface area (TPSA) is 157 Å². The van der Waals surface area contributed by atoms with Gasteiger partial charge < -0.3 is 14.0 Å². The summed E-state index contributed by atoms with van der Waals surface area (Å²) >= 11 is -1.91. The number of hydrogen-bond donors (Lipinski definition) is 1. The Morgan fingerprint density at radius 1 is 0.935 bits per heavy atom. The van der Waals surface area contributed by atoms with E-state index in [1.807, 2.05) is 0 Å². The summed E-state index contributed by atoms with van der Waals surface area (Å²) in [6.07, 6.45) is 3.73. The van der Waals surface area contributed by atoms with Crippen LogP contribution in [0.1, 0.15) is 11.1 Å². The first-order valence-electron chi connectivity index (χ1n) is 8.47. The zero-order valence-corrected chi connectivity index (χ0v) is 17.2. The molecule has 0 saturated heterocycles. The molecule has 0 aromatic heterocycles. The first-order valence-corrected chi connectivity index (χ1v) is 9.68. The third kappa shape index (κ3) is 6.55. The Morgan fingerprint density at radius 2 is 1.42 bits per heavy atom. The van der Waals surface area contributed by atoms with Crippen molar-refractivity contribution in [1.29, 1.82) is 0 Å². The molecule has 0 fully saturated rings. The van der Waals surface area contributed by atoms with Crippen LogP contribution in [-0.2, 0) is 16.2 Å². The van der Waals surface area contributed by atoms with E-state index in [0.717, 1.165) is 11.5 Å². The fraction of sp³-hybridized carbons (Fsp3) is 0.105. The van der Waals surface area contributed by atoms with Gasteiger partial charge in [-0.05, 0) is 35.4 Å². The summed E-state index contributed by atoms with van der Waals surface area (Å²) in [5, 5.41) is 23.2. The van der Waals surface area contributed by atoms with Gasteiger partial charge in [0, 0.05) is 18.2 Å². The van der Waals surface area contributed by atoms with E-state index in [2.05, 4.69) is 4.72 Å². The molecule has 0 aliphatic carbocycles. The number of benzene rings is 2. The second-order valence-electron chi connectivity index (χ2n) is 5.78. The maximum atomic E-state index is 12.0. The highest BCUT2D eigenvalue weighted by atomic mass is 32.2. The minimum atomic E-state index is -1.91. The molecular weight excluding hydrogens is 430 g/mol. The number of rotatable bonds is 9. The number of amides is 1. The third-order valence-corrected chi connectivity index (χ3v) is 4.60. The molecule has 12 heteroatoms. The minimum Gasteiger partial charge on any atom is -0.588 e. The molecule has 0 saturated carbocycles. The van der Waals surface area contributed by atoms with E-state index in [9.17, 15) is 29.6 Å². The molecule has 0 bridgehead atoms. The van der Waals surface area contributed by atoms with Gasteiger partial charge in [0.05, 0.1) is 24.1 Å². The summed E-state index contributed by atoms with van der Waals surface area (Å²) in [5.41, 5.74) is 0.242. The number of methoxy groups -OCH3 is 2. The summed E-state index contributed by atoms with van der Waals surface area (Å²) in [7, 11) is 2.61. The van der Waals surface area contributed by atoms with Gasteiger partial charge in [0.25, 0.3) is 5.91 Å². The fourth-order valence-electron chi connectivity index (χ4n) is 2.39. The van der Waals surface area contributed by atoms with Gasteiger partial charge in [-0.3, -0.25) is 25.0 Å². The van der Waals surface area contributed by atoms with Crippen molar-refractivity contribution in [2.24, 2.45) is 0 Å². The lowest BCUT2D eigenvalue weighted by Crippen LogP contribution is -2.26. The average molecular weight is 447 g/mol. The van der Waals surface area contributed by atoms with Gasteiger partial charge >= 0.3 is 11.4 Å². The Hall–Kier alpha value is -3.90. The van der Waals surface area contributed by atoms with Gasteiger partial charge in [0.1, 0.15) is 16.8 Å². The van der Waals surface area contributed by atoms with E-state index < -0.39 is 27.1 Å². The molecule has 2 aromatic carbocycles. The Morgan fingerprint density at radius 3 is 1.87 bits per heavy atom. The largest absolute Gasteiger partial charge is 0.588 e. The van der Waals surface area contributed by atoms with Crippen LogP contribution in [0.5, 0.6) is 11.5 Å². The van der Waals surface area contributed by atoms with Crippen molar-refractivity contribution < 1.29 is 28.7 Å². The average Bonchev–Trinajstić information content (AvgIpc) is 2.75. The molecule has 1 unspecified atom stereocenters. The maximum absolute atomic E-state index is 12.0. The Bertz CT molecular complexity index is 1050. The highest BCUT2D eigenvalue weighted by Crippen LogP contribution is 2.29. The highest BCUT2D eigenvalue weighted by molar-refractivity contribution is 7.93. The number of hydrogen-bond acceptors (Lipinski definition) is 8. The normalized spacial score (nSPS) is 12.0. The number of nitro benzene ring substituents is 2. The van der Waals surface area contributed by atoms with E-state index in [4.69, 9.17) is 9.47 Å². The predicted molar refractivity (Wildman–Crippen MR) is 114 cm³/mol. The van der Waals surface area contributed by atoms with Crippen LogP contribution in [-0.4, -0.2) is 34.5 Å². The molecule has 1 amide bonds. The standard InChI is InChI=1S/C19H17N3O8S/c1-29-17-6-3-13(11-15(17)21(24)25)5-8-19(23)20-31(28)10-9-14-4-7-18(30-2)16(12-14)22(26)27/h3-12H,1-2H3,(H,20,23)/b8-5+,10-9-. The number of nitrogens with one attached hydrogen (secondary N) is 1. The van der Waals surface area contributed by atoms with Crippen molar-refractivity contribution in [2.45, 2.75) is 0 Å². The number of ether oxygens (including phenoxy) is 2. The minimum absolute atomic E-state index is 0.0802. The van der Waals surface area contributed by atoms with Crippen LogP contribution in [0.2, 0.25) is 0 Å². The van der Waals surface area contributed by atoms with Gasteiger partial charge in [-0.25, -0.2) is 0 Å². The Labute approximate surface area is 179 Å². The number of carbonyl (C=O) groups is 1. The zero-order valence-electron chi connectivity index (χ0n) is 16.3. The van der Waals surface area contributed by atoms with Crippen LogP contribution < -0.4 is 14.2 Å². The summed E-state index contributed by atoms with van der Waals surface area (Å²) < 4.78 is 24.0. The summed E-state index contributed by atoms with van der Waals surface area (Å²) in [5.74, 6) is -0.542. The maximum Gasteiger partial charge on any atom is 0.311 e. The monoisotopic (exact) mass is 447 g/mol. The first-order chi connectivity index (χ1) is 14.7. The van der Waals surface area contributed by atoms with E-state index in [-0.39, 0.29) is 22.9 Å². The molecule has 0 heterocycles. The molecule has 162 valence electrons. The van der Waals surface area contributed by atoms with Crippen molar-refractivity contribution >= 4 is 40.8 Å². The molecular formula is C19H17N3O8S. The lowest BCUT2D eigenvalue weighted by Gasteiger charge is -2.05. The van der Waals surface area contributed by atoms with Gasteiger partial charge in [-0.15, -0.1) is 0 Å². The van der Waals surface area contributed by atoms with Crippen molar-refractivity contribution in [3.8, 4) is 11.5 Å². The van der Waals surface area contributed by atoms with E-state index >= 15 is 0 Å². The van der Waals surface area contributed by atoms with Crippen LogP contribution in [0.15, 0.2) is 47.9 Å². The first kappa shape index (κ1) is 23.4. The summed E-state index contributed by atoms with van der Waals surface area (Å²) in [6, 6.07) is 8.31. The van der Waals surface area contributed by atoms with Crippen molar-refractivity contribution in [2.75, 3.05) is 14.2 Å². The molecule has 0 radical (unpaired) electrons. The fourth-order valence-corrected chi connectivity index (χ4v) is 3.00. The number of nitrogens with zero attached hydrogens (tertiary/aromatic N) is 2. The number of nitro groups is 2. The number of carbonyl (C=O) groups excluding carboxylic acids is 1. The smallest absolute Gasteiger partial charge is 0.311 e. The van der Waals surface area contributed by atoms with E-state index in [0.29, 0.717) is 11.1 Å². The molecule has 0 spiro atoms. The third-order valence-electron chi connectivity index (χ3n) is 3.81. The second-order valence-corrected chi connectivity index (χ2v) is 6.85. The predicted octanol–water partition coefficient (Wildman–Crippen LogP) is 2.98. The molecule has 0 aliphatic heterocycles. The molecule has 31 heavy (non-hydrogen) atoms. The van der Waals surface area contributed by atoms with Gasteiger partial charge in [-0.2, -0.15) is 4.72 Å². The molecule has 0 aliphatic rings. The second kappa shape index (κ2) is 10.8. The Kier molecular flexibility index (Phi) is 8.11.